The number of H-pyrrole nitrogens is 1. The van der Waals surface area contributed by atoms with Gasteiger partial charge in [-0.05, 0) is 36.4 Å². The summed E-state index contributed by atoms with van der Waals surface area (Å²) < 4.78 is 0. The van der Waals surface area contributed by atoms with Crippen LogP contribution in [0.4, 0.5) is 11.4 Å². The van der Waals surface area contributed by atoms with Gasteiger partial charge in [-0.15, -0.1) is 0 Å². The summed E-state index contributed by atoms with van der Waals surface area (Å²) in [5.41, 5.74) is 8.36. The van der Waals surface area contributed by atoms with Crippen LogP contribution in [0.15, 0.2) is 42.6 Å². The van der Waals surface area contributed by atoms with Crippen molar-refractivity contribution in [2.24, 2.45) is 0 Å². The van der Waals surface area contributed by atoms with Crippen molar-refractivity contribution in [3.8, 4) is 0 Å². The van der Waals surface area contributed by atoms with Crippen LogP contribution in [0, 0.1) is 0 Å². The lowest BCUT2D eigenvalue weighted by Gasteiger charge is -2.05. The largest absolute Gasteiger partial charge is 0.399 e. The summed E-state index contributed by atoms with van der Waals surface area (Å²) in [4.78, 5) is 30.6. The van der Waals surface area contributed by atoms with E-state index in [0.717, 1.165) is 5.39 Å². The number of hydrogen-bond donors (Lipinski definition) is 3. The van der Waals surface area contributed by atoms with Crippen molar-refractivity contribution in [1.29, 1.82) is 0 Å². The van der Waals surface area contributed by atoms with Gasteiger partial charge in [-0.1, -0.05) is 0 Å². The van der Waals surface area contributed by atoms with Crippen molar-refractivity contribution in [2.45, 2.75) is 6.92 Å². The number of nitrogens with zero attached hydrogens (tertiary/aromatic N) is 1. The van der Waals surface area contributed by atoms with E-state index in [1.165, 1.54) is 13.1 Å². The maximum atomic E-state index is 12.1. The third kappa shape index (κ3) is 2.67. The number of carbonyl (C=O) groups is 2. The Morgan fingerprint density at radius 1 is 1.18 bits per heavy atom. The molecule has 0 atom stereocenters. The predicted molar refractivity (Wildman–Crippen MR) is 84.9 cm³/mol. The molecule has 6 nitrogen and oxygen atoms in total. The lowest BCUT2D eigenvalue weighted by atomic mass is 10.2. The Labute approximate surface area is 126 Å². The van der Waals surface area contributed by atoms with E-state index in [0.29, 0.717) is 28.3 Å². The molecule has 0 aliphatic heterocycles. The molecule has 0 aliphatic rings. The fourth-order valence-electron chi connectivity index (χ4n) is 2.11. The van der Waals surface area contributed by atoms with Crippen LogP contribution in [0.5, 0.6) is 0 Å². The van der Waals surface area contributed by atoms with Gasteiger partial charge in [0.1, 0.15) is 5.65 Å². The summed E-state index contributed by atoms with van der Waals surface area (Å²) in [6, 6.07) is 10.1. The van der Waals surface area contributed by atoms with Crippen LogP contribution >= 0.6 is 0 Å². The number of hydrogen-bond acceptors (Lipinski definition) is 4. The van der Waals surface area contributed by atoms with Crippen LogP contribution in [0.1, 0.15) is 27.8 Å². The first-order valence-electron chi connectivity index (χ1n) is 6.69. The number of anilines is 2. The zero-order valence-corrected chi connectivity index (χ0v) is 11.9. The number of pyridine rings is 1. The molecule has 0 unspecified atom stereocenters. The molecule has 0 fully saturated rings. The quantitative estimate of drug-likeness (QED) is 0.510. The molecule has 110 valence electrons. The second-order valence-corrected chi connectivity index (χ2v) is 4.98. The molecule has 0 aliphatic carbocycles. The second kappa shape index (κ2) is 5.33. The van der Waals surface area contributed by atoms with Crippen LogP contribution in [0.3, 0.4) is 0 Å². The average Bonchev–Trinajstić information content (AvgIpc) is 2.91. The minimum absolute atomic E-state index is 0.0644. The number of aromatic amines is 1. The number of benzene rings is 1. The molecule has 4 N–H and O–H groups in total. The smallest absolute Gasteiger partial charge is 0.255 e. The standard InChI is InChI=1S/C16H14N4O2/c1-9(21)14-7-11-6-13(8-18-15(11)20-14)19-16(22)10-2-4-12(17)5-3-10/h2-8H,17H2,1H3,(H,18,20)(H,19,22). The van der Waals surface area contributed by atoms with Gasteiger partial charge in [-0.25, -0.2) is 4.98 Å². The van der Waals surface area contributed by atoms with Crippen LogP contribution in [-0.4, -0.2) is 21.7 Å². The number of amides is 1. The zero-order chi connectivity index (χ0) is 15.7. The van der Waals surface area contributed by atoms with E-state index in [1.54, 1.807) is 36.4 Å². The summed E-state index contributed by atoms with van der Waals surface area (Å²) in [7, 11) is 0. The lowest BCUT2D eigenvalue weighted by molar-refractivity contribution is 0.101. The Morgan fingerprint density at radius 3 is 2.59 bits per heavy atom. The molecule has 0 saturated heterocycles. The highest BCUT2D eigenvalue weighted by molar-refractivity contribution is 6.05. The molecule has 0 bridgehead atoms. The SMILES string of the molecule is CC(=O)c1cc2cc(NC(=O)c3ccc(N)cc3)cnc2[nH]1. The fourth-order valence-corrected chi connectivity index (χ4v) is 2.11. The number of nitrogens with one attached hydrogen (secondary N) is 2. The molecule has 3 aromatic rings. The normalized spacial score (nSPS) is 10.6. The first-order chi connectivity index (χ1) is 10.5. The van der Waals surface area contributed by atoms with E-state index in [-0.39, 0.29) is 11.7 Å². The molecular weight excluding hydrogens is 280 g/mol. The van der Waals surface area contributed by atoms with Crippen molar-refractivity contribution in [1.82, 2.24) is 9.97 Å². The molecule has 1 amide bonds. The van der Waals surface area contributed by atoms with Gasteiger partial charge >= 0.3 is 0 Å². The number of nitrogens with two attached hydrogens (primary N) is 1. The molecule has 1 aromatic carbocycles. The van der Waals surface area contributed by atoms with Gasteiger partial charge in [-0.2, -0.15) is 0 Å². The molecule has 2 aromatic heterocycles. The number of aromatic nitrogens is 2. The van der Waals surface area contributed by atoms with Crippen molar-refractivity contribution in [3.05, 3.63) is 53.9 Å². The molecule has 22 heavy (non-hydrogen) atoms. The maximum Gasteiger partial charge on any atom is 0.255 e. The van der Waals surface area contributed by atoms with E-state index in [4.69, 9.17) is 5.73 Å². The zero-order valence-electron chi connectivity index (χ0n) is 11.9. The third-order valence-corrected chi connectivity index (χ3v) is 3.28. The molecule has 6 heteroatoms. The van der Waals surface area contributed by atoms with Gasteiger partial charge in [0, 0.05) is 23.6 Å². The van der Waals surface area contributed by atoms with Gasteiger partial charge in [0.05, 0.1) is 17.6 Å². The first-order valence-corrected chi connectivity index (χ1v) is 6.69. The van der Waals surface area contributed by atoms with Crippen LogP contribution < -0.4 is 11.1 Å². The highest BCUT2D eigenvalue weighted by atomic mass is 16.1. The second-order valence-electron chi connectivity index (χ2n) is 4.98. The van der Waals surface area contributed by atoms with E-state index in [1.807, 2.05) is 0 Å². The van der Waals surface area contributed by atoms with Crippen molar-refractivity contribution in [2.75, 3.05) is 11.1 Å². The fraction of sp³-hybridized carbons (Fsp3) is 0.0625. The van der Waals surface area contributed by atoms with E-state index < -0.39 is 0 Å². The third-order valence-electron chi connectivity index (χ3n) is 3.28. The summed E-state index contributed by atoms with van der Waals surface area (Å²) in [6.45, 7) is 1.48. The van der Waals surface area contributed by atoms with Crippen molar-refractivity contribution < 1.29 is 9.59 Å². The van der Waals surface area contributed by atoms with Crippen LogP contribution in [0.2, 0.25) is 0 Å². The molecular formula is C16H14N4O2. The minimum atomic E-state index is -0.247. The molecule has 0 spiro atoms. The highest BCUT2D eigenvalue weighted by Crippen LogP contribution is 2.18. The number of nitrogen functional groups attached to an aromatic ring is 1. The summed E-state index contributed by atoms with van der Waals surface area (Å²) in [6.07, 6.45) is 1.54. The Kier molecular flexibility index (Phi) is 3.34. The maximum absolute atomic E-state index is 12.1. The van der Waals surface area contributed by atoms with Gasteiger partial charge in [-0.3, -0.25) is 9.59 Å². The molecule has 2 heterocycles. The molecule has 3 rings (SSSR count). The van der Waals surface area contributed by atoms with Gasteiger partial charge in [0.2, 0.25) is 0 Å². The van der Waals surface area contributed by atoms with Crippen LogP contribution in [0.25, 0.3) is 11.0 Å². The lowest BCUT2D eigenvalue weighted by Crippen LogP contribution is -2.11. The minimum Gasteiger partial charge on any atom is -0.399 e. The Balaban J connectivity index is 1.85. The number of rotatable bonds is 3. The summed E-state index contributed by atoms with van der Waals surface area (Å²) >= 11 is 0. The van der Waals surface area contributed by atoms with Gasteiger partial charge in [0.25, 0.3) is 5.91 Å². The van der Waals surface area contributed by atoms with E-state index >= 15 is 0 Å². The Bertz CT molecular complexity index is 865. The van der Waals surface area contributed by atoms with Crippen LogP contribution in [-0.2, 0) is 0 Å². The highest BCUT2D eigenvalue weighted by Gasteiger charge is 2.09. The Morgan fingerprint density at radius 2 is 1.91 bits per heavy atom. The van der Waals surface area contributed by atoms with Crippen molar-refractivity contribution in [3.63, 3.8) is 0 Å². The summed E-state index contributed by atoms with van der Waals surface area (Å²) in [5, 5.41) is 3.53. The number of carbonyl (C=O) groups excluding carboxylic acids is 2. The monoisotopic (exact) mass is 294 g/mol. The topological polar surface area (TPSA) is 101 Å². The van der Waals surface area contributed by atoms with E-state index in [2.05, 4.69) is 15.3 Å². The van der Waals surface area contributed by atoms with E-state index in [9.17, 15) is 9.59 Å². The number of fused-ring (bicyclic) bond motifs is 1. The van der Waals surface area contributed by atoms with Gasteiger partial charge in [0.15, 0.2) is 5.78 Å². The number of Topliss-reactive ketones (excluding diaryl/α,β-unsaturated/α-hetero) is 1. The molecule has 0 saturated carbocycles. The average molecular weight is 294 g/mol. The van der Waals surface area contributed by atoms with Gasteiger partial charge < -0.3 is 16.0 Å². The Hall–Kier alpha value is -3.15. The predicted octanol–water partition coefficient (Wildman–Crippen LogP) is 2.60. The summed E-state index contributed by atoms with van der Waals surface area (Å²) in [5.74, 6) is -0.311. The van der Waals surface area contributed by atoms with Crippen molar-refractivity contribution >= 4 is 34.1 Å². The first kappa shape index (κ1) is 13.8. The number of ketones is 1. The molecule has 0 radical (unpaired) electrons.